The van der Waals surface area contributed by atoms with Gasteiger partial charge in [0.15, 0.2) is 0 Å². The van der Waals surface area contributed by atoms with Crippen LogP contribution in [0.15, 0.2) is 12.3 Å². The number of hydrogen-bond donors (Lipinski definition) is 1. The van der Waals surface area contributed by atoms with Gasteiger partial charge >= 0.3 is 5.97 Å². The molecular formula is C11H17N3O2. The smallest absolute Gasteiger partial charge is 0.305 e. The highest BCUT2D eigenvalue weighted by molar-refractivity contribution is 5.68. The molecule has 88 valence electrons. The molecule has 0 atom stereocenters. The van der Waals surface area contributed by atoms with Gasteiger partial charge in [0.2, 0.25) is 5.95 Å². The second kappa shape index (κ2) is 6.76. The van der Waals surface area contributed by atoms with Crippen LogP contribution in [-0.2, 0) is 9.53 Å². The molecule has 5 nitrogen and oxygen atoms in total. The molecule has 0 radical (unpaired) electrons. The number of carbonyl (C=O) groups excluding carboxylic acids is 1. The molecule has 0 spiro atoms. The van der Waals surface area contributed by atoms with Crippen LogP contribution in [0.2, 0.25) is 0 Å². The molecular weight excluding hydrogens is 206 g/mol. The highest BCUT2D eigenvalue weighted by atomic mass is 16.5. The first-order valence-corrected chi connectivity index (χ1v) is 5.32. The molecule has 0 amide bonds. The van der Waals surface area contributed by atoms with E-state index >= 15 is 0 Å². The Morgan fingerprint density at radius 3 is 3.00 bits per heavy atom. The molecule has 1 aromatic heterocycles. The van der Waals surface area contributed by atoms with Gasteiger partial charge in [-0.2, -0.15) is 0 Å². The largest absolute Gasteiger partial charge is 0.469 e. The predicted octanol–water partition coefficient (Wildman–Crippen LogP) is 1.54. The van der Waals surface area contributed by atoms with E-state index in [0.29, 0.717) is 12.4 Å². The summed E-state index contributed by atoms with van der Waals surface area (Å²) in [5.74, 6) is 0.477. The SMILES string of the molecule is COC(=O)CCCCNc1nccc(C)n1. The van der Waals surface area contributed by atoms with Crippen molar-refractivity contribution in [3.05, 3.63) is 18.0 Å². The normalized spacial score (nSPS) is 9.88. The third kappa shape index (κ3) is 4.72. The Hall–Kier alpha value is -1.65. The quantitative estimate of drug-likeness (QED) is 0.585. The van der Waals surface area contributed by atoms with E-state index in [2.05, 4.69) is 20.0 Å². The van der Waals surface area contributed by atoms with Crippen LogP contribution in [0.5, 0.6) is 0 Å². The summed E-state index contributed by atoms with van der Waals surface area (Å²) in [5.41, 5.74) is 0.937. The topological polar surface area (TPSA) is 64.1 Å². The van der Waals surface area contributed by atoms with Gasteiger partial charge in [-0.25, -0.2) is 9.97 Å². The summed E-state index contributed by atoms with van der Waals surface area (Å²) >= 11 is 0. The van der Waals surface area contributed by atoms with Gasteiger partial charge in [-0.1, -0.05) is 0 Å². The Balaban J connectivity index is 2.14. The summed E-state index contributed by atoms with van der Waals surface area (Å²) in [4.78, 5) is 19.1. The van der Waals surface area contributed by atoms with Gasteiger partial charge < -0.3 is 10.1 Å². The van der Waals surface area contributed by atoms with Crippen LogP contribution in [0.3, 0.4) is 0 Å². The summed E-state index contributed by atoms with van der Waals surface area (Å²) in [6.07, 6.45) is 3.89. The predicted molar refractivity (Wildman–Crippen MR) is 61.1 cm³/mol. The number of aromatic nitrogens is 2. The number of nitrogens with one attached hydrogen (secondary N) is 1. The van der Waals surface area contributed by atoms with Gasteiger partial charge in [0.25, 0.3) is 0 Å². The summed E-state index contributed by atoms with van der Waals surface area (Å²) in [7, 11) is 1.40. The summed E-state index contributed by atoms with van der Waals surface area (Å²) in [6, 6.07) is 1.85. The van der Waals surface area contributed by atoms with E-state index in [1.165, 1.54) is 7.11 Å². The van der Waals surface area contributed by atoms with Crippen LogP contribution < -0.4 is 5.32 Å². The van der Waals surface area contributed by atoms with Crippen molar-refractivity contribution >= 4 is 11.9 Å². The van der Waals surface area contributed by atoms with Crippen molar-refractivity contribution in [2.75, 3.05) is 19.0 Å². The maximum absolute atomic E-state index is 10.8. The van der Waals surface area contributed by atoms with Gasteiger partial charge in [0, 0.05) is 24.9 Å². The van der Waals surface area contributed by atoms with E-state index in [-0.39, 0.29) is 5.97 Å². The van der Waals surface area contributed by atoms with Gasteiger partial charge in [-0.3, -0.25) is 4.79 Å². The third-order valence-electron chi connectivity index (χ3n) is 2.11. The molecule has 0 fully saturated rings. The van der Waals surface area contributed by atoms with E-state index < -0.39 is 0 Å². The average molecular weight is 223 g/mol. The van der Waals surface area contributed by atoms with Gasteiger partial charge in [-0.15, -0.1) is 0 Å². The van der Waals surface area contributed by atoms with Crippen LogP contribution in [0.1, 0.15) is 25.0 Å². The van der Waals surface area contributed by atoms with Crippen molar-refractivity contribution in [3.8, 4) is 0 Å². The number of hydrogen-bond acceptors (Lipinski definition) is 5. The molecule has 0 bridgehead atoms. The summed E-state index contributed by atoms with van der Waals surface area (Å²) in [6.45, 7) is 2.69. The van der Waals surface area contributed by atoms with E-state index in [1.54, 1.807) is 6.20 Å². The Bertz CT molecular complexity index is 342. The molecule has 16 heavy (non-hydrogen) atoms. The fourth-order valence-electron chi connectivity index (χ4n) is 1.23. The number of rotatable bonds is 6. The molecule has 0 unspecified atom stereocenters. The number of nitrogens with zero attached hydrogens (tertiary/aromatic N) is 2. The number of carbonyl (C=O) groups is 1. The average Bonchev–Trinajstić information content (AvgIpc) is 2.28. The van der Waals surface area contributed by atoms with Crippen molar-refractivity contribution in [2.24, 2.45) is 0 Å². The van der Waals surface area contributed by atoms with E-state index in [1.807, 2.05) is 13.0 Å². The molecule has 0 saturated heterocycles. The number of aryl methyl sites for hydroxylation is 1. The number of anilines is 1. The molecule has 1 rings (SSSR count). The van der Waals surface area contributed by atoms with E-state index in [0.717, 1.165) is 25.1 Å². The zero-order valence-electron chi connectivity index (χ0n) is 9.69. The van der Waals surface area contributed by atoms with Crippen LogP contribution >= 0.6 is 0 Å². The van der Waals surface area contributed by atoms with Crippen molar-refractivity contribution in [2.45, 2.75) is 26.2 Å². The van der Waals surface area contributed by atoms with Crippen molar-refractivity contribution in [1.82, 2.24) is 9.97 Å². The number of esters is 1. The lowest BCUT2D eigenvalue weighted by molar-refractivity contribution is -0.140. The molecule has 0 aliphatic carbocycles. The first kappa shape index (κ1) is 12.4. The van der Waals surface area contributed by atoms with Crippen LogP contribution in [0.25, 0.3) is 0 Å². The number of methoxy groups -OCH3 is 1. The standard InChI is InChI=1S/C11H17N3O2/c1-9-6-8-13-11(14-9)12-7-4-3-5-10(15)16-2/h6,8H,3-5,7H2,1-2H3,(H,12,13,14). The maximum atomic E-state index is 10.8. The van der Waals surface area contributed by atoms with Crippen molar-refractivity contribution < 1.29 is 9.53 Å². The highest BCUT2D eigenvalue weighted by Crippen LogP contribution is 2.01. The lowest BCUT2D eigenvalue weighted by Gasteiger charge is -2.04. The molecule has 0 aliphatic heterocycles. The Labute approximate surface area is 95.3 Å². The Morgan fingerprint density at radius 2 is 2.31 bits per heavy atom. The first-order chi connectivity index (χ1) is 7.72. The summed E-state index contributed by atoms with van der Waals surface area (Å²) < 4.78 is 4.55. The second-order valence-electron chi connectivity index (χ2n) is 3.48. The Kier molecular flexibility index (Phi) is 5.25. The first-order valence-electron chi connectivity index (χ1n) is 5.32. The van der Waals surface area contributed by atoms with Crippen LogP contribution in [-0.4, -0.2) is 29.6 Å². The minimum absolute atomic E-state index is 0.160. The zero-order valence-corrected chi connectivity index (χ0v) is 9.69. The molecule has 1 N–H and O–H groups in total. The highest BCUT2D eigenvalue weighted by Gasteiger charge is 1.99. The molecule has 5 heteroatoms. The van der Waals surface area contributed by atoms with Gasteiger partial charge in [0.05, 0.1) is 7.11 Å². The van der Waals surface area contributed by atoms with E-state index in [4.69, 9.17) is 0 Å². The van der Waals surface area contributed by atoms with Crippen LogP contribution in [0.4, 0.5) is 5.95 Å². The Morgan fingerprint density at radius 1 is 1.50 bits per heavy atom. The van der Waals surface area contributed by atoms with Gasteiger partial charge in [-0.05, 0) is 25.8 Å². The molecule has 0 aliphatic rings. The van der Waals surface area contributed by atoms with E-state index in [9.17, 15) is 4.79 Å². The zero-order chi connectivity index (χ0) is 11.8. The molecule has 0 saturated carbocycles. The monoisotopic (exact) mass is 223 g/mol. The molecule has 1 aromatic rings. The van der Waals surface area contributed by atoms with Gasteiger partial charge in [0.1, 0.15) is 0 Å². The lowest BCUT2D eigenvalue weighted by Crippen LogP contribution is -2.07. The molecule has 1 heterocycles. The van der Waals surface area contributed by atoms with Crippen molar-refractivity contribution in [1.29, 1.82) is 0 Å². The number of ether oxygens (including phenoxy) is 1. The number of unbranched alkanes of at least 4 members (excludes halogenated alkanes) is 1. The van der Waals surface area contributed by atoms with Crippen LogP contribution in [0, 0.1) is 6.92 Å². The molecule has 0 aromatic carbocycles. The summed E-state index contributed by atoms with van der Waals surface area (Å²) in [5, 5.41) is 3.10. The maximum Gasteiger partial charge on any atom is 0.305 e. The second-order valence-corrected chi connectivity index (χ2v) is 3.48. The lowest BCUT2D eigenvalue weighted by atomic mass is 10.2. The third-order valence-corrected chi connectivity index (χ3v) is 2.11. The fourth-order valence-corrected chi connectivity index (χ4v) is 1.23. The minimum Gasteiger partial charge on any atom is -0.469 e. The minimum atomic E-state index is -0.160. The van der Waals surface area contributed by atoms with Crippen molar-refractivity contribution in [3.63, 3.8) is 0 Å². The fraction of sp³-hybridized carbons (Fsp3) is 0.545.